The molecule has 0 aromatic heterocycles. The molecule has 5 heteroatoms. The third-order valence-electron chi connectivity index (χ3n) is 3.36. The maximum absolute atomic E-state index is 13.4. The molecule has 0 spiro atoms. The van der Waals surface area contributed by atoms with Crippen molar-refractivity contribution in [3.05, 3.63) is 59.2 Å². The smallest absolute Gasteiger partial charge is 0.258 e. The Bertz CT molecular complexity index is 645. The zero-order chi connectivity index (χ0) is 15.6. The topological polar surface area (TPSA) is 46.3 Å². The van der Waals surface area contributed by atoms with Crippen LogP contribution >= 0.6 is 0 Å². The number of aryl methyl sites for hydroxylation is 1. The van der Waals surface area contributed by atoms with Crippen molar-refractivity contribution in [2.45, 2.75) is 13.3 Å². The third-order valence-corrected chi connectivity index (χ3v) is 3.36. The minimum atomic E-state index is -0.937. The summed E-state index contributed by atoms with van der Waals surface area (Å²) in [7, 11) is 1.55. The van der Waals surface area contributed by atoms with E-state index in [0.717, 1.165) is 24.1 Å². The van der Waals surface area contributed by atoms with E-state index in [4.69, 9.17) is 5.73 Å². The second kappa shape index (κ2) is 5.91. The fourth-order valence-corrected chi connectivity index (χ4v) is 1.97. The molecule has 0 radical (unpaired) electrons. The Hall–Kier alpha value is -2.43. The molecular formula is C16H16F2N2O. The predicted molar refractivity (Wildman–Crippen MR) is 79.3 cm³/mol. The second-order valence-electron chi connectivity index (χ2n) is 4.74. The molecule has 110 valence electrons. The van der Waals surface area contributed by atoms with Crippen LogP contribution in [0.2, 0.25) is 0 Å². The number of carbonyl (C=O) groups excluding carboxylic acids is 1. The molecule has 0 aliphatic heterocycles. The van der Waals surface area contributed by atoms with Gasteiger partial charge in [-0.05, 0) is 36.2 Å². The second-order valence-corrected chi connectivity index (χ2v) is 4.74. The zero-order valence-electron chi connectivity index (χ0n) is 11.9. The van der Waals surface area contributed by atoms with E-state index in [0.29, 0.717) is 5.69 Å². The van der Waals surface area contributed by atoms with Crippen LogP contribution in [-0.4, -0.2) is 13.0 Å². The molecule has 3 nitrogen and oxygen atoms in total. The van der Waals surface area contributed by atoms with Crippen molar-refractivity contribution in [2.24, 2.45) is 0 Å². The van der Waals surface area contributed by atoms with Crippen molar-refractivity contribution in [3.8, 4) is 0 Å². The van der Waals surface area contributed by atoms with Crippen molar-refractivity contribution in [3.63, 3.8) is 0 Å². The number of carbonyl (C=O) groups is 1. The summed E-state index contributed by atoms with van der Waals surface area (Å²) in [6.45, 7) is 2.03. The van der Waals surface area contributed by atoms with E-state index in [1.165, 1.54) is 4.90 Å². The SMILES string of the molecule is CCc1ccc(N(C)C(=O)c2cc(F)c(N)c(F)c2)cc1. The van der Waals surface area contributed by atoms with Gasteiger partial charge in [0.15, 0.2) is 0 Å². The molecule has 0 saturated heterocycles. The van der Waals surface area contributed by atoms with Crippen molar-refractivity contribution in [1.82, 2.24) is 0 Å². The van der Waals surface area contributed by atoms with Gasteiger partial charge in [0.2, 0.25) is 0 Å². The number of rotatable bonds is 3. The average Bonchev–Trinajstić information content (AvgIpc) is 2.50. The predicted octanol–water partition coefficient (Wildman–Crippen LogP) is 3.39. The fourth-order valence-electron chi connectivity index (χ4n) is 1.97. The number of nitrogen functional groups attached to an aromatic ring is 1. The minimum absolute atomic E-state index is 0.0822. The molecule has 0 unspecified atom stereocenters. The lowest BCUT2D eigenvalue weighted by Crippen LogP contribution is -2.26. The van der Waals surface area contributed by atoms with Gasteiger partial charge in [-0.2, -0.15) is 0 Å². The summed E-state index contributed by atoms with van der Waals surface area (Å²) in [5, 5.41) is 0. The van der Waals surface area contributed by atoms with Crippen LogP contribution in [0.5, 0.6) is 0 Å². The lowest BCUT2D eigenvalue weighted by Gasteiger charge is -2.18. The third kappa shape index (κ3) is 3.02. The Morgan fingerprint density at radius 2 is 1.67 bits per heavy atom. The van der Waals surface area contributed by atoms with Crippen LogP contribution in [0.3, 0.4) is 0 Å². The largest absolute Gasteiger partial charge is 0.394 e. The fraction of sp³-hybridized carbons (Fsp3) is 0.188. The lowest BCUT2D eigenvalue weighted by atomic mass is 10.1. The summed E-state index contributed by atoms with van der Waals surface area (Å²) >= 11 is 0. The van der Waals surface area contributed by atoms with E-state index >= 15 is 0 Å². The summed E-state index contributed by atoms with van der Waals surface area (Å²) in [5.74, 6) is -2.38. The zero-order valence-corrected chi connectivity index (χ0v) is 11.9. The van der Waals surface area contributed by atoms with Crippen molar-refractivity contribution in [2.75, 3.05) is 17.7 Å². The van der Waals surface area contributed by atoms with Crippen LogP contribution < -0.4 is 10.6 Å². The van der Waals surface area contributed by atoms with Gasteiger partial charge < -0.3 is 10.6 Å². The van der Waals surface area contributed by atoms with E-state index in [9.17, 15) is 13.6 Å². The van der Waals surface area contributed by atoms with Gasteiger partial charge in [-0.3, -0.25) is 4.79 Å². The van der Waals surface area contributed by atoms with Crippen molar-refractivity contribution >= 4 is 17.3 Å². The summed E-state index contributed by atoms with van der Waals surface area (Å²) in [5.41, 5.74) is 6.32. The van der Waals surface area contributed by atoms with E-state index in [1.54, 1.807) is 19.2 Å². The molecule has 2 aromatic carbocycles. The van der Waals surface area contributed by atoms with E-state index in [2.05, 4.69) is 0 Å². The summed E-state index contributed by atoms with van der Waals surface area (Å²) in [6.07, 6.45) is 0.895. The van der Waals surface area contributed by atoms with Gasteiger partial charge in [0.1, 0.15) is 17.3 Å². The van der Waals surface area contributed by atoms with Crippen LogP contribution in [0.25, 0.3) is 0 Å². The van der Waals surface area contributed by atoms with Crippen LogP contribution in [0.1, 0.15) is 22.8 Å². The van der Waals surface area contributed by atoms with Gasteiger partial charge >= 0.3 is 0 Å². The van der Waals surface area contributed by atoms with Crippen LogP contribution in [0.4, 0.5) is 20.2 Å². The standard InChI is InChI=1S/C16H16F2N2O/c1-3-10-4-6-12(7-5-10)20(2)16(21)11-8-13(17)15(19)14(18)9-11/h4-9H,3,19H2,1-2H3. The molecule has 0 atom stereocenters. The van der Waals surface area contributed by atoms with Gasteiger partial charge in [-0.25, -0.2) is 8.78 Å². The monoisotopic (exact) mass is 290 g/mol. The number of hydrogen-bond acceptors (Lipinski definition) is 2. The summed E-state index contributed by atoms with van der Waals surface area (Å²) < 4.78 is 26.9. The number of benzene rings is 2. The maximum atomic E-state index is 13.4. The van der Waals surface area contributed by atoms with Crippen LogP contribution in [0.15, 0.2) is 36.4 Å². The highest BCUT2D eigenvalue weighted by molar-refractivity contribution is 6.05. The Labute approximate surface area is 122 Å². The Morgan fingerprint density at radius 3 is 2.14 bits per heavy atom. The summed E-state index contributed by atoms with van der Waals surface area (Å²) in [6, 6.07) is 9.28. The molecule has 2 N–H and O–H groups in total. The average molecular weight is 290 g/mol. The van der Waals surface area contributed by atoms with Gasteiger partial charge in [-0.15, -0.1) is 0 Å². The molecule has 0 saturated carbocycles. The van der Waals surface area contributed by atoms with Gasteiger partial charge in [-0.1, -0.05) is 19.1 Å². The summed E-state index contributed by atoms with van der Waals surface area (Å²) in [4.78, 5) is 13.6. The van der Waals surface area contributed by atoms with Crippen LogP contribution in [-0.2, 0) is 6.42 Å². The van der Waals surface area contributed by atoms with Crippen molar-refractivity contribution in [1.29, 1.82) is 0 Å². The van der Waals surface area contributed by atoms with Crippen molar-refractivity contribution < 1.29 is 13.6 Å². The first-order valence-corrected chi connectivity index (χ1v) is 6.55. The van der Waals surface area contributed by atoms with Gasteiger partial charge in [0.05, 0.1) is 0 Å². The highest BCUT2D eigenvalue weighted by Gasteiger charge is 2.17. The number of hydrogen-bond donors (Lipinski definition) is 1. The molecule has 0 aliphatic carbocycles. The number of amides is 1. The molecule has 2 rings (SSSR count). The minimum Gasteiger partial charge on any atom is -0.394 e. The number of anilines is 2. The van der Waals surface area contributed by atoms with E-state index < -0.39 is 23.2 Å². The first-order chi connectivity index (χ1) is 9.93. The quantitative estimate of drug-likeness (QED) is 0.881. The first-order valence-electron chi connectivity index (χ1n) is 6.55. The Kier molecular flexibility index (Phi) is 4.21. The highest BCUT2D eigenvalue weighted by Crippen LogP contribution is 2.21. The Balaban J connectivity index is 2.30. The molecule has 0 bridgehead atoms. The Morgan fingerprint density at radius 1 is 1.14 bits per heavy atom. The molecule has 21 heavy (non-hydrogen) atoms. The molecule has 0 fully saturated rings. The molecular weight excluding hydrogens is 274 g/mol. The van der Waals surface area contributed by atoms with Gasteiger partial charge in [0, 0.05) is 18.3 Å². The van der Waals surface area contributed by atoms with Crippen LogP contribution in [0, 0.1) is 11.6 Å². The molecule has 0 aliphatic rings. The lowest BCUT2D eigenvalue weighted by molar-refractivity contribution is 0.0992. The number of nitrogens with zero attached hydrogens (tertiary/aromatic N) is 1. The molecule has 1 amide bonds. The maximum Gasteiger partial charge on any atom is 0.258 e. The first kappa shape index (κ1) is 15.0. The normalized spacial score (nSPS) is 10.5. The molecule has 2 aromatic rings. The highest BCUT2D eigenvalue weighted by atomic mass is 19.1. The van der Waals surface area contributed by atoms with E-state index in [1.807, 2.05) is 19.1 Å². The van der Waals surface area contributed by atoms with Gasteiger partial charge in [0.25, 0.3) is 5.91 Å². The van der Waals surface area contributed by atoms with E-state index in [-0.39, 0.29) is 5.56 Å². The molecule has 0 heterocycles. The number of halogens is 2. The number of nitrogens with two attached hydrogens (primary N) is 1.